The summed E-state index contributed by atoms with van der Waals surface area (Å²) in [5.41, 5.74) is 6.82. The minimum atomic E-state index is -0.332. The zero-order valence-corrected chi connectivity index (χ0v) is 17.6. The second kappa shape index (κ2) is 10.6. The number of hydrogen-bond donors (Lipinski definition) is 3. The fraction of sp³-hybridized carbons (Fsp3) is 0.348. The van der Waals surface area contributed by atoms with Crippen molar-refractivity contribution in [2.75, 3.05) is 36.9 Å². The highest BCUT2D eigenvalue weighted by atomic mass is 16.5. The van der Waals surface area contributed by atoms with Gasteiger partial charge in [0.2, 0.25) is 11.8 Å². The van der Waals surface area contributed by atoms with E-state index in [1.807, 2.05) is 11.8 Å². The van der Waals surface area contributed by atoms with Gasteiger partial charge < -0.3 is 21.1 Å². The predicted octanol–water partition coefficient (Wildman–Crippen LogP) is 2.47. The molecule has 1 aliphatic rings. The van der Waals surface area contributed by atoms with Gasteiger partial charge in [0, 0.05) is 12.2 Å². The van der Waals surface area contributed by atoms with Gasteiger partial charge in [0.1, 0.15) is 5.75 Å². The molecule has 0 unspecified atom stereocenters. The normalized spacial score (nSPS) is 16.4. The number of nitrogens with zero attached hydrogens (tertiary/aromatic N) is 1. The van der Waals surface area contributed by atoms with E-state index in [1.165, 1.54) is 0 Å². The molecule has 3 amide bonds. The van der Waals surface area contributed by atoms with E-state index in [9.17, 15) is 14.4 Å². The Morgan fingerprint density at radius 2 is 1.84 bits per heavy atom. The summed E-state index contributed by atoms with van der Waals surface area (Å²) in [7, 11) is 0. The minimum absolute atomic E-state index is 0.138. The highest BCUT2D eigenvalue weighted by molar-refractivity contribution is 6.10. The maximum absolute atomic E-state index is 12.8. The second-order valence-corrected chi connectivity index (χ2v) is 7.48. The van der Waals surface area contributed by atoms with E-state index >= 15 is 0 Å². The van der Waals surface area contributed by atoms with Crippen molar-refractivity contribution in [3.63, 3.8) is 0 Å². The molecule has 0 aliphatic carbocycles. The van der Waals surface area contributed by atoms with Crippen molar-refractivity contribution in [2.24, 2.45) is 11.7 Å². The number of rotatable bonds is 8. The minimum Gasteiger partial charge on any atom is -0.494 e. The zero-order chi connectivity index (χ0) is 22.2. The number of hydrogen-bond acceptors (Lipinski definition) is 5. The van der Waals surface area contributed by atoms with Crippen LogP contribution in [0.3, 0.4) is 0 Å². The Morgan fingerprint density at radius 1 is 1.10 bits per heavy atom. The monoisotopic (exact) mass is 424 g/mol. The van der Waals surface area contributed by atoms with Gasteiger partial charge in [-0.15, -0.1) is 0 Å². The Balaban J connectivity index is 1.62. The Kier molecular flexibility index (Phi) is 7.61. The van der Waals surface area contributed by atoms with E-state index < -0.39 is 0 Å². The van der Waals surface area contributed by atoms with Gasteiger partial charge in [-0.1, -0.05) is 12.1 Å². The fourth-order valence-electron chi connectivity index (χ4n) is 3.61. The van der Waals surface area contributed by atoms with Crippen molar-refractivity contribution in [3.05, 3.63) is 54.1 Å². The quantitative estimate of drug-likeness (QED) is 0.602. The van der Waals surface area contributed by atoms with Crippen molar-refractivity contribution in [2.45, 2.75) is 19.8 Å². The Hall–Kier alpha value is -3.39. The van der Waals surface area contributed by atoms with Crippen LogP contribution in [0.4, 0.5) is 11.4 Å². The van der Waals surface area contributed by atoms with Crippen molar-refractivity contribution < 1.29 is 19.1 Å². The van der Waals surface area contributed by atoms with Crippen LogP contribution in [0.15, 0.2) is 48.5 Å². The van der Waals surface area contributed by atoms with E-state index in [4.69, 9.17) is 10.5 Å². The number of primary amides is 1. The maximum atomic E-state index is 12.8. The van der Waals surface area contributed by atoms with Gasteiger partial charge in [-0.05, 0) is 62.7 Å². The molecule has 1 fully saturated rings. The molecule has 0 spiro atoms. The molecule has 4 N–H and O–H groups in total. The Labute approximate surface area is 181 Å². The van der Waals surface area contributed by atoms with E-state index in [-0.39, 0.29) is 30.2 Å². The number of piperidine rings is 1. The summed E-state index contributed by atoms with van der Waals surface area (Å²) in [6.07, 6.45) is 1.57. The molecule has 0 aromatic heterocycles. The van der Waals surface area contributed by atoms with Gasteiger partial charge in [-0.25, -0.2) is 0 Å². The van der Waals surface area contributed by atoms with Gasteiger partial charge in [0.15, 0.2) is 0 Å². The molecule has 3 rings (SSSR count). The molecule has 164 valence electrons. The maximum Gasteiger partial charge on any atom is 0.257 e. The summed E-state index contributed by atoms with van der Waals surface area (Å²) in [6.45, 7) is 3.82. The number of para-hydroxylation sites is 1. The van der Waals surface area contributed by atoms with E-state index in [0.29, 0.717) is 30.1 Å². The average molecular weight is 425 g/mol. The number of likely N-dealkylation sites (tertiary alicyclic amines) is 1. The van der Waals surface area contributed by atoms with E-state index in [1.54, 1.807) is 48.5 Å². The van der Waals surface area contributed by atoms with Crippen LogP contribution in [0.2, 0.25) is 0 Å². The van der Waals surface area contributed by atoms with Crippen molar-refractivity contribution in [1.82, 2.24) is 4.90 Å². The number of nitrogens with two attached hydrogens (primary N) is 1. The van der Waals surface area contributed by atoms with Crippen LogP contribution >= 0.6 is 0 Å². The molecule has 31 heavy (non-hydrogen) atoms. The zero-order valence-electron chi connectivity index (χ0n) is 17.6. The third-order valence-electron chi connectivity index (χ3n) is 5.14. The summed E-state index contributed by atoms with van der Waals surface area (Å²) < 4.78 is 5.41. The first kappa shape index (κ1) is 22.3. The molecule has 0 radical (unpaired) electrons. The molecule has 1 atom stereocenters. The van der Waals surface area contributed by atoms with Crippen LogP contribution < -0.4 is 21.1 Å². The lowest BCUT2D eigenvalue weighted by Crippen LogP contribution is -2.44. The number of nitrogens with one attached hydrogen (secondary N) is 2. The summed E-state index contributed by atoms with van der Waals surface area (Å²) in [4.78, 5) is 38.7. The van der Waals surface area contributed by atoms with Crippen molar-refractivity contribution in [3.8, 4) is 5.75 Å². The number of carbonyl (C=O) groups is 3. The molecule has 1 saturated heterocycles. The van der Waals surface area contributed by atoms with Crippen molar-refractivity contribution in [1.29, 1.82) is 0 Å². The summed E-state index contributed by atoms with van der Waals surface area (Å²) in [5.74, 6) is -0.405. The first-order valence-corrected chi connectivity index (χ1v) is 10.4. The first-order chi connectivity index (χ1) is 15.0. The summed E-state index contributed by atoms with van der Waals surface area (Å²) in [6, 6.07) is 13.9. The highest BCUT2D eigenvalue weighted by Crippen LogP contribution is 2.20. The Morgan fingerprint density at radius 3 is 2.55 bits per heavy atom. The van der Waals surface area contributed by atoms with Gasteiger partial charge in [0.05, 0.1) is 30.3 Å². The van der Waals surface area contributed by atoms with Crippen molar-refractivity contribution >= 4 is 29.1 Å². The molecule has 1 aliphatic heterocycles. The lowest BCUT2D eigenvalue weighted by Gasteiger charge is -2.30. The van der Waals surface area contributed by atoms with Gasteiger partial charge in [-0.2, -0.15) is 0 Å². The largest absolute Gasteiger partial charge is 0.494 e. The van der Waals surface area contributed by atoms with Gasteiger partial charge in [0.25, 0.3) is 5.91 Å². The number of amides is 3. The number of carbonyl (C=O) groups excluding carboxylic acids is 3. The molecule has 1 heterocycles. The van der Waals surface area contributed by atoms with Crippen LogP contribution in [0.25, 0.3) is 0 Å². The van der Waals surface area contributed by atoms with E-state index in [0.717, 1.165) is 25.1 Å². The SMILES string of the molecule is CCOc1ccc(NC(=O)c2ccccc2NC(=O)CN2CCC[C@@H](C(N)=O)C2)cc1. The number of ether oxygens (including phenoxy) is 1. The molecule has 8 heteroatoms. The molecule has 8 nitrogen and oxygen atoms in total. The third-order valence-corrected chi connectivity index (χ3v) is 5.14. The van der Waals surface area contributed by atoms with Crippen LogP contribution in [0.5, 0.6) is 5.75 Å². The summed E-state index contributed by atoms with van der Waals surface area (Å²) >= 11 is 0. The van der Waals surface area contributed by atoms with E-state index in [2.05, 4.69) is 10.6 Å². The smallest absolute Gasteiger partial charge is 0.257 e. The van der Waals surface area contributed by atoms with Gasteiger partial charge in [-0.3, -0.25) is 19.3 Å². The third kappa shape index (κ3) is 6.29. The molecular weight excluding hydrogens is 396 g/mol. The molecule has 0 saturated carbocycles. The lowest BCUT2D eigenvalue weighted by molar-refractivity contribution is -0.125. The standard InChI is InChI=1S/C23H28N4O4/c1-2-31-18-11-9-17(10-12-18)25-23(30)19-7-3-4-8-20(19)26-21(28)15-27-13-5-6-16(14-27)22(24)29/h3-4,7-12,16H,2,5-6,13-15H2,1H3,(H2,24,29)(H,25,30)(H,26,28)/t16-/m1/s1. The molecule has 0 bridgehead atoms. The predicted molar refractivity (Wildman–Crippen MR) is 119 cm³/mol. The first-order valence-electron chi connectivity index (χ1n) is 10.4. The van der Waals surface area contributed by atoms with Crippen LogP contribution in [-0.2, 0) is 9.59 Å². The molecular formula is C23H28N4O4. The lowest BCUT2D eigenvalue weighted by atomic mass is 9.97. The van der Waals surface area contributed by atoms with Crippen LogP contribution in [0, 0.1) is 5.92 Å². The average Bonchev–Trinajstić information content (AvgIpc) is 2.75. The van der Waals surface area contributed by atoms with Gasteiger partial charge >= 0.3 is 0 Å². The fourth-order valence-corrected chi connectivity index (χ4v) is 3.61. The Bertz CT molecular complexity index is 929. The highest BCUT2D eigenvalue weighted by Gasteiger charge is 2.25. The second-order valence-electron chi connectivity index (χ2n) is 7.48. The molecule has 2 aromatic rings. The van der Waals surface area contributed by atoms with Crippen LogP contribution in [0.1, 0.15) is 30.1 Å². The number of benzene rings is 2. The molecule has 2 aromatic carbocycles. The van der Waals surface area contributed by atoms with Crippen LogP contribution in [-0.4, -0.2) is 48.9 Å². The number of anilines is 2. The topological polar surface area (TPSA) is 114 Å². The summed E-state index contributed by atoms with van der Waals surface area (Å²) in [5, 5.41) is 5.65.